The molecular weight excluding hydrogens is 715 g/mol. The lowest BCUT2D eigenvalue weighted by molar-refractivity contribution is -0.692. The molecule has 0 atom stereocenters. The normalized spacial score (nSPS) is 12.2. The van der Waals surface area contributed by atoms with Crippen LogP contribution in [0.1, 0.15) is 5.56 Å². The first-order valence-electron chi connectivity index (χ1n) is 16.0. The maximum absolute atomic E-state index is 13.6. The first kappa shape index (κ1) is 36.9. The number of benzene rings is 3. The van der Waals surface area contributed by atoms with E-state index in [1.807, 2.05) is 72.8 Å². The van der Waals surface area contributed by atoms with E-state index < -0.39 is 26.9 Å². The van der Waals surface area contributed by atoms with Crippen molar-refractivity contribution in [3.8, 4) is 56.2 Å². The lowest BCUT2D eigenvalue weighted by Crippen LogP contribution is -2.34. The highest BCUT2D eigenvalue weighted by Gasteiger charge is 2.30. The van der Waals surface area contributed by atoms with Gasteiger partial charge >= 0.3 is 21.4 Å². The standard InChI is InChI=1S/C37H31F3N4O6P2/c38-37(39,40)33-3-1-2-32(24-33)36-41-34(30-8-4-26(5-9-30)28-12-16-43(17-13-28)20-22-51(45,46)47)25-35(42-36)31-10-6-27(7-11-31)29-14-18-44(19-15-29)21-23-52(48,49)50/h1-19,24-25H,20-23H2,(H2-2,45,46,47,48,49,50)/p+2. The van der Waals surface area contributed by atoms with Gasteiger partial charge in [-0.3, -0.25) is 9.13 Å². The molecule has 0 amide bonds. The molecule has 6 rings (SSSR count). The molecule has 15 heteroatoms. The van der Waals surface area contributed by atoms with Crippen LogP contribution in [0.4, 0.5) is 13.2 Å². The van der Waals surface area contributed by atoms with Crippen LogP contribution in [0.15, 0.2) is 128 Å². The van der Waals surface area contributed by atoms with E-state index in [1.54, 1.807) is 40.0 Å². The molecule has 0 saturated carbocycles. The maximum Gasteiger partial charge on any atom is 0.416 e. The monoisotopic (exact) mass is 748 g/mol. The van der Waals surface area contributed by atoms with Crippen molar-refractivity contribution in [2.45, 2.75) is 19.3 Å². The van der Waals surface area contributed by atoms with E-state index in [0.29, 0.717) is 22.5 Å². The smallest absolute Gasteiger partial charge is 0.324 e. The van der Waals surface area contributed by atoms with Crippen molar-refractivity contribution < 1.29 is 51.0 Å². The van der Waals surface area contributed by atoms with Crippen LogP contribution in [0, 0.1) is 0 Å². The Hall–Kier alpha value is -4.87. The van der Waals surface area contributed by atoms with Gasteiger partial charge in [0.1, 0.15) is 12.3 Å². The Bertz CT molecular complexity index is 2150. The number of hydrogen-bond donors (Lipinski definition) is 4. The van der Waals surface area contributed by atoms with Gasteiger partial charge in [-0.15, -0.1) is 0 Å². The van der Waals surface area contributed by atoms with Crippen LogP contribution in [0.3, 0.4) is 0 Å². The third kappa shape index (κ3) is 9.71. The molecule has 0 spiro atoms. The van der Waals surface area contributed by atoms with Crippen LogP contribution < -0.4 is 9.13 Å². The molecule has 0 unspecified atom stereocenters. The van der Waals surface area contributed by atoms with Crippen molar-refractivity contribution in [2.75, 3.05) is 12.3 Å². The predicted octanol–water partition coefficient (Wildman–Crippen LogP) is 6.76. The molecule has 0 aliphatic heterocycles. The number of aryl methyl sites for hydroxylation is 2. The number of aromatic nitrogens is 4. The van der Waals surface area contributed by atoms with E-state index >= 15 is 0 Å². The van der Waals surface area contributed by atoms with Crippen molar-refractivity contribution in [3.63, 3.8) is 0 Å². The minimum Gasteiger partial charge on any atom is -0.324 e. The van der Waals surface area contributed by atoms with E-state index in [4.69, 9.17) is 19.6 Å². The molecule has 266 valence electrons. The van der Waals surface area contributed by atoms with Crippen molar-refractivity contribution in [1.29, 1.82) is 0 Å². The number of alkyl halides is 3. The molecule has 0 aliphatic carbocycles. The molecule has 3 aromatic carbocycles. The summed E-state index contributed by atoms with van der Waals surface area (Å²) >= 11 is 0. The molecule has 3 aromatic heterocycles. The first-order valence-corrected chi connectivity index (χ1v) is 19.5. The Labute approximate surface area is 296 Å². The first-order chi connectivity index (χ1) is 24.6. The van der Waals surface area contributed by atoms with Gasteiger partial charge in [-0.2, -0.15) is 13.2 Å². The number of hydrogen-bond acceptors (Lipinski definition) is 4. The fraction of sp³-hybridized carbons (Fsp3) is 0.135. The Morgan fingerprint density at radius 1 is 0.519 bits per heavy atom. The number of rotatable bonds is 11. The summed E-state index contributed by atoms with van der Waals surface area (Å²) in [6.45, 7) is 0.347. The zero-order chi connectivity index (χ0) is 37.1. The second-order valence-corrected chi connectivity index (χ2v) is 15.7. The molecule has 0 fully saturated rings. The zero-order valence-electron chi connectivity index (χ0n) is 27.4. The van der Waals surface area contributed by atoms with E-state index in [2.05, 4.69) is 9.97 Å². The molecule has 0 bridgehead atoms. The second-order valence-electron chi connectivity index (χ2n) is 12.1. The predicted molar refractivity (Wildman–Crippen MR) is 188 cm³/mol. The molecule has 10 nitrogen and oxygen atoms in total. The Balaban J connectivity index is 1.31. The molecule has 52 heavy (non-hydrogen) atoms. The largest absolute Gasteiger partial charge is 0.416 e. The molecule has 0 saturated heterocycles. The number of nitrogens with zero attached hydrogens (tertiary/aromatic N) is 4. The van der Waals surface area contributed by atoms with Gasteiger partial charge in [-0.05, 0) is 40.5 Å². The summed E-state index contributed by atoms with van der Waals surface area (Å²) in [5.41, 5.74) is 5.32. The van der Waals surface area contributed by atoms with Gasteiger partial charge in [0, 0.05) is 41.0 Å². The number of pyridine rings is 2. The Kier molecular flexibility index (Phi) is 10.6. The van der Waals surface area contributed by atoms with Crippen LogP contribution >= 0.6 is 15.2 Å². The average molecular weight is 749 g/mol. The molecule has 3 heterocycles. The minimum atomic E-state index is -4.55. The summed E-state index contributed by atoms with van der Waals surface area (Å²) in [5.74, 6) is 0.123. The summed E-state index contributed by atoms with van der Waals surface area (Å²) in [4.78, 5) is 46.0. The summed E-state index contributed by atoms with van der Waals surface area (Å²) < 4.78 is 66.7. The summed E-state index contributed by atoms with van der Waals surface area (Å²) in [6, 6.07) is 29.0. The third-order valence-electron chi connectivity index (χ3n) is 8.28. The van der Waals surface area contributed by atoms with Gasteiger partial charge in [-0.25, -0.2) is 19.1 Å². The SMILES string of the molecule is O=P(O)(O)CC[n+]1ccc(-c2ccc(-c3cc(-c4ccc(-c5cc[n+](CCP(=O)(O)O)cc5)cc4)nc(-c4cccc(C(F)(F)F)c4)n3)cc2)cc1. The fourth-order valence-corrected chi connectivity index (χ4v) is 6.45. The average Bonchev–Trinajstić information content (AvgIpc) is 3.13. The van der Waals surface area contributed by atoms with Gasteiger partial charge in [0.25, 0.3) is 0 Å². The molecule has 6 aromatic rings. The zero-order valence-corrected chi connectivity index (χ0v) is 29.2. The highest BCUT2D eigenvalue weighted by molar-refractivity contribution is 7.51. The van der Waals surface area contributed by atoms with Gasteiger partial charge in [0.05, 0.1) is 17.0 Å². The molecule has 4 N–H and O–H groups in total. The van der Waals surface area contributed by atoms with Crippen molar-refractivity contribution in [3.05, 3.63) is 133 Å². The van der Waals surface area contributed by atoms with E-state index in [0.717, 1.165) is 34.4 Å². The minimum absolute atomic E-state index is 0.123. The molecular formula is C37H33F3N4O6P2+2. The van der Waals surface area contributed by atoms with Gasteiger partial charge < -0.3 is 19.6 Å². The molecule has 0 aliphatic rings. The van der Waals surface area contributed by atoms with Gasteiger partial charge in [-0.1, -0.05) is 60.7 Å². The van der Waals surface area contributed by atoms with Crippen LogP contribution in [-0.2, 0) is 28.4 Å². The summed E-state index contributed by atoms with van der Waals surface area (Å²) in [6.07, 6.45) is 1.89. The van der Waals surface area contributed by atoms with Crippen molar-refractivity contribution in [1.82, 2.24) is 9.97 Å². The van der Waals surface area contributed by atoms with Crippen molar-refractivity contribution >= 4 is 15.2 Å². The summed E-state index contributed by atoms with van der Waals surface area (Å²) in [5, 5.41) is 0. The lowest BCUT2D eigenvalue weighted by Gasteiger charge is -2.12. The molecule has 0 radical (unpaired) electrons. The van der Waals surface area contributed by atoms with Crippen molar-refractivity contribution in [2.24, 2.45) is 0 Å². The van der Waals surface area contributed by atoms with Crippen LogP contribution in [0.2, 0.25) is 0 Å². The van der Waals surface area contributed by atoms with Gasteiger partial charge in [0.15, 0.2) is 43.7 Å². The number of halogens is 3. The Morgan fingerprint density at radius 3 is 1.29 bits per heavy atom. The van der Waals surface area contributed by atoms with E-state index in [-0.39, 0.29) is 36.8 Å². The fourth-order valence-electron chi connectivity index (χ4n) is 5.46. The van der Waals surface area contributed by atoms with Gasteiger partial charge in [0.2, 0.25) is 0 Å². The highest BCUT2D eigenvalue weighted by atomic mass is 31.2. The quantitative estimate of drug-likeness (QED) is 0.0840. The topological polar surface area (TPSA) is 149 Å². The summed E-state index contributed by atoms with van der Waals surface area (Å²) in [7, 11) is -8.23. The highest BCUT2D eigenvalue weighted by Crippen LogP contribution is 2.35. The van der Waals surface area contributed by atoms with Crippen LogP contribution in [-0.4, -0.2) is 41.9 Å². The maximum atomic E-state index is 13.6. The Morgan fingerprint density at radius 2 is 0.904 bits per heavy atom. The van der Waals surface area contributed by atoms with Crippen LogP contribution in [0.5, 0.6) is 0 Å². The van der Waals surface area contributed by atoms with E-state index in [1.165, 1.54) is 12.1 Å². The third-order valence-corrected chi connectivity index (χ3v) is 9.85. The lowest BCUT2D eigenvalue weighted by atomic mass is 10.0. The van der Waals surface area contributed by atoms with Crippen LogP contribution in [0.25, 0.3) is 56.2 Å². The second kappa shape index (κ2) is 15.0. The van der Waals surface area contributed by atoms with E-state index in [9.17, 15) is 22.3 Å².